The topological polar surface area (TPSA) is 35.2 Å². The highest BCUT2D eigenvalue weighted by Gasteiger charge is 2.25. The summed E-state index contributed by atoms with van der Waals surface area (Å²) < 4.78 is 5.97. The molecule has 1 aromatic carbocycles. The Morgan fingerprint density at radius 3 is 3.00 bits per heavy atom. The van der Waals surface area contributed by atoms with Crippen LogP contribution in [-0.4, -0.2) is 6.10 Å². The third-order valence-electron chi connectivity index (χ3n) is 3.31. The molecular formula is C14H20ClNO. The lowest BCUT2D eigenvalue weighted by Crippen LogP contribution is -2.29. The highest BCUT2D eigenvalue weighted by atomic mass is 35.5. The zero-order valence-corrected chi connectivity index (χ0v) is 11.0. The number of ether oxygens (including phenoxy) is 1. The van der Waals surface area contributed by atoms with E-state index < -0.39 is 0 Å². The molecule has 0 spiro atoms. The molecule has 3 heteroatoms. The molecule has 2 atom stereocenters. The third kappa shape index (κ3) is 3.14. The molecule has 94 valence electrons. The quantitative estimate of drug-likeness (QED) is 0.821. The van der Waals surface area contributed by atoms with Crippen molar-refractivity contribution >= 4 is 11.6 Å². The summed E-state index contributed by atoms with van der Waals surface area (Å²) in [4.78, 5) is 0. The normalized spacial score (nSPS) is 23.0. The molecule has 0 bridgehead atoms. The van der Waals surface area contributed by atoms with Crippen molar-refractivity contribution in [2.24, 2.45) is 5.73 Å². The Hall–Kier alpha value is -0.730. The second-order valence-corrected chi connectivity index (χ2v) is 5.20. The molecule has 2 nitrogen and oxygen atoms in total. The van der Waals surface area contributed by atoms with E-state index in [2.05, 4.69) is 6.92 Å². The lowest BCUT2D eigenvalue weighted by molar-refractivity contribution is 0.147. The third-order valence-corrected chi connectivity index (χ3v) is 3.55. The van der Waals surface area contributed by atoms with Crippen LogP contribution in [0, 0.1) is 0 Å². The molecule has 1 aliphatic heterocycles. The molecule has 0 saturated carbocycles. The lowest BCUT2D eigenvalue weighted by atomic mass is 9.94. The van der Waals surface area contributed by atoms with Gasteiger partial charge in [-0.1, -0.05) is 31.4 Å². The van der Waals surface area contributed by atoms with Crippen molar-refractivity contribution in [2.75, 3.05) is 0 Å². The Balaban J connectivity index is 2.03. The molecule has 2 N–H and O–H groups in total. The summed E-state index contributed by atoms with van der Waals surface area (Å²) in [5, 5.41) is 0.729. The number of benzene rings is 1. The fourth-order valence-electron chi connectivity index (χ4n) is 2.35. The molecule has 0 aliphatic carbocycles. The van der Waals surface area contributed by atoms with Crippen molar-refractivity contribution in [3.05, 3.63) is 28.8 Å². The van der Waals surface area contributed by atoms with E-state index in [1.807, 2.05) is 18.2 Å². The summed E-state index contributed by atoms with van der Waals surface area (Å²) in [6.45, 7) is 2.21. The molecule has 1 unspecified atom stereocenters. The van der Waals surface area contributed by atoms with Gasteiger partial charge >= 0.3 is 0 Å². The minimum atomic E-state index is 0.0593. The summed E-state index contributed by atoms with van der Waals surface area (Å²) in [6.07, 6.45) is 6.00. The molecule has 1 aromatic rings. The molecule has 2 rings (SSSR count). The Bertz CT molecular complexity index is 380. The van der Waals surface area contributed by atoms with Gasteiger partial charge in [0.1, 0.15) is 11.9 Å². The molecule has 17 heavy (non-hydrogen) atoms. The molecule has 0 fully saturated rings. The zero-order valence-electron chi connectivity index (χ0n) is 10.3. The van der Waals surface area contributed by atoms with Crippen LogP contribution in [0.15, 0.2) is 18.2 Å². The number of hydrogen-bond donors (Lipinski definition) is 1. The number of rotatable bonds is 4. The van der Waals surface area contributed by atoms with Gasteiger partial charge in [0.05, 0.1) is 0 Å². The number of halogens is 1. The van der Waals surface area contributed by atoms with Crippen LogP contribution < -0.4 is 10.5 Å². The molecule has 0 saturated heterocycles. The van der Waals surface area contributed by atoms with Gasteiger partial charge in [-0.2, -0.15) is 0 Å². The van der Waals surface area contributed by atoms with Gasteiger partial charge in [-0.05, 0) is 31.0 Å². The summed E-state index contributed by atoms with van der Waals surface area (Å²) in [5.74, 6) is 0.912. The van der Waals surface area contributed by atoms with Crippen molar-refractivity contribution in [1.82, 2.24) is 0 Å². The standard InChI is InChI=1S/C14H20ClNO/c1-2-3-4-5-11-9-13(16)12-8-10(15)6-7-14(12)17-11/h6-8,11,13H,2-5,9,16H2,1H3/t11?,13-/m1/s1. The number of fused-ring (bicyclic) bond motifs is 1. The van der Waals surface area contributed by atoms with E-state index in [-0.39, 0.29) is 12.1 Å². The summed E-state index contributed by atoms with van der Waals surface area (Å²) in [7, 11) is 0. The molecular weight excluding hydrogens is 234 g/mol. The Morgan fingerprint density at radius 1 is 1.41 bits per heavy atom. The number of hydrogen-bond acceptors (Lipinski definition) is 2. The first-order chi connectivity index (χ1) is 8.20. The predicted molar refractivity (Wildman–Crippen MR) is 71.6 cm³/mol. The van der Waals surface area contributed by atoms with E-state index in [0.29, 0.717) is 0 Å². The molecule has 1 heterocycles. The Kier molecular flexibility index (Phi) is 4.30. The molecule has 0 aromatic heterocycles. The largest absolute Gasteiger partial charge is 0.490 e. The van der Waals surface area contributed by atoms with E-state index in [4.69, 9.17) is 22.1 Å². The van der Waals surface area contributed by atoms with E-state index in [0.717, 1.165) is 29.2 Å². The van der Waals surface area contributed by atoms with Gasteiger partial charge in [0.15, 0.2) is 0 Å². The second-order valence-electron chi connectivity index (χ2n) is 4.76. The monoisotopic (exact) mass is 253 g/mol. The maximum atomic E-state index is 6.17. The first-order valence-electron chi connectivity index (χ1n) is 6.42. The van der Waals surface area contributed by atoms with Crippen LogP contribution in [0.3, 0.4) is 0 Å². The summed E-state index contributed by atoms with van der Waals surface area (Å²) >= 11 is 5.97. The van der Waals surface area contributed by atoms with Crippen LogP contribution in [0.5, 0.6) is 5.75 Å². The van der Waals surface area contributed by atoms with Gasteiger partial charge in [-0.3, -0.25) is 0 Å². The lowest BCUT2D eigenvalue weighted by Gasteiger charge is -2.30. The summed E-state index contributed by atoms with van der Waals surface area (Å²) in [6, 6.07) is 5.78. The van der Waals surface area contributed by atoms with Gasteiger partial charge in [-0.15, -0.1) is 0 Å². The average molecular weight is 254 g/mol. The summed E-state index contributed by atoms with van der Waals surface area (Å²) in [5.41, 5.74) is 7.22. The van der Waals surface area contributed by atoms with Crippen molar-refractivity contribution in [3.8, 4) is 5.75 Å². The van der Waals surface area contributed by atoms with Crippen molar-refractivity contribution < 1.29 is 4.74 Å². The van der Waals surface area contributed by atoms with E-state index in [9.17, 15) is 0 Å². The maximum absolute atomic E-state index is 6.17. The van der Waals surface area contributed by atoms with Crippen LogP contribution in [0.2, 0.25) is 5.02 Å². The van der Waals surface area contributed by atoms with Gasteiger partial charge in [-0.25, -0.2) is 0 Å². The average Bonchev–Trinajstić information content (AvgIpc) is 2.31. The highest BCUT2D eigenvalue weighted by molar-refractivity contribution is 6.30. The minimum Gasteiger partial charge on any atom is -0.490 e. The van der Waals surface area contributed by atoms with E-state index in [1.54, 1.807) is 0 Å². The first-order valence-corrected chi connectivity index (χ1v) is 6.80. The van der Waals surface area contributed by atoms with Gasteiger partial charge in [0.2, 0.25) is 0 Å². The number of nitrogens with two attached hydrogens (primary N) is 1. The first kappa shape index (κ1) is 12.7. The van der Waals surface area contributed by atoms with Crippen LogP contribution in [0.4, 0.5) is 0 Å². The fourth-order valence-corrected chi connectivity index (χ4v) is 2.53. The molecule has 1 aliphatic rings. The minimum absolute atomic E-state index is 0.0593. The zero-order chi connectivity index (χ0) is 12.3. The van der Waals surface area contributed by atoms with Gasteiger partial charge < -0.3 is 10.5 Å². The maximum Gasteiger partial charge on any atom is 0.124 e. The SMILES string of the molecule is CCCCCC1C[C@@H](N)c2cc(Cl)ccc2O1. The molecule has 0 amide bonds. The number of unbranched alkanes of at least 4 members (excludes halogenated alkanes) is 2. The van der Waals surface area contributed by atoms with Gasteiger partial charge in [0.25, 0.3) is 0 Å². The van der Waals surface area contributed by atoms with Crippen LogP contribution in [0.25, 0.3) is 0 Å². The Morgan fingerprint density at radius 2 is 2.24 bits per heavy atom. The Labute approximate surface area is 108 Å². The van der Waals surface area contributed by atoms with E-state index in [1.165, 1.54) is 19.3 Å². The van der Waals surface area contributed by atoms with E-state index >= 15 is 0 Å². The molecule has 0 radical (unpaired) electrons. The van der Waals surface area contributed by atoms with Gasteiger partial charge in [0, 0.05) is 23.0 Å². The highest BCUT2D eigenvalue weighted by Crippen LogP contribution is 2.36. The van der Waals surface area contributed by atoms with Crippen molar-refractivity contribution in [1.29, 1.82) is 0 Å². The van der Waals surface area contributed by atoms with Crippen LogP contribution in [0.1, 0.15) is 50.6 Å². The predicted octanol–water partition coefficient (Wildman–Crippen LogP) is 4.07. The second kappa shape index (κ2) is 5.74. The smallest absolute Gasteiger partial charge is 0.124 e. The van der Waals surface area contributed by atoms with Crippen molar-refractivity contribution in [3.63, 3.8) is 0 Å². The fraction of sp³-hybridized carbons (Fsp3) is 0.571. The van der Waals surface area contributed by atoms with Crippen molar-refractivity contribution in [2.45, 2.75) is 51.2 Å². The van der Waals surface area contributed by atoms with Crippen LogP contribution in [-0.2, 0) is 0 Å². The van der Waals surface area contributed by atoms with Crippen LogP contribution >= 0.6 is 11.6 Å².